The van der Waals surface area contributed by atoms with Crippen molar-refractivity contribution in [3.8, 4) is 5.75 Å². The fourth-order valence-corrected chi connectivity index (χ4v) is 4.03. The second-order valence-corrected chi connectivity index (χ2v) is 7.79. The number of fused-ring (bicyclic) bond motifs is 1. The number of halogens is 1. The van der Waals surface area contributed by atoms with E-state index >= 15 is 0 Å². The van der Waals surface area contributed by atoms with Gasteiger partial charge in [0, 0.05) is 15.6 Å². The van der Waals surface area contributed by atoms with Crippen molar-refractivity contribution in [2.75, 3.05) is 13.7 Å². The van der Waals surface area contributed by atoms with Gasteiger partial charge in [0.25, 0.3) is 5.91 Å². The van der Waals surface area contributed by atoms with E-state index in [-0.39, 0.29) is 18.5 Å². The Morgan fingerprint density at radius 3 is 2.53 bits per heavy atom. The van der Waals surface area contributed by atoms with Crippen molar-refractivity contribution in [2.45, 2.75) is 6.04 Å². The number of rotatable bonds is 5. The van der Waals surface area contributed by atoms with Gasteiger partial charge in [0.15, 0.2) is 0 Å². The minimum atomic E-state index is -0.296. The molecule has 0 bridgehead atoms. The van der Waals surface area contributed by atoms with Gasteiger partial charge >= 0.3 is 0 Å². The third-order valence-corrected chi connectivity index (χ3v) is 5.53. The molecule has 1 heterocycles. The minimum Gasteiger partial charge on any atom is -0.497 e. The Morgan fingerprint density at radius 1 is 1.13 bits per heavy atom. The largest absolute Gasteiger partial charge is 0.497 e. The summed E-state index contributed by atoms with van der Waals surface area (Å²) in [4.78, 5) is 19.2. The maximum Gasteiger partial charge on any atom is 0.253 e. The number of benzene rings is 3. The predicted molar refractivity (Wildman–Crippen MR) is 121 cm³/mol. The lowest BCUT2D eigenvalue weighted by Crippen LogP contribution is -2.46. The number of nitrogens with two attached hydrogens (primary N) is 1. The summed E-state index contributed by atoms with van der Waals surface area (Å²) in [6.07, 6.45) is 0. The summed E-state index contributed by atoms with van der Waals surface area (Å²) in [6.45, 7) is 0.0624. The number of aliphatic imine (C=N–C) groups is 1. The number of methoxy groups -OCH3 is 1. The molecule has 3 N–H and O–H groups in total. The Kier molecular flexibility index (Phi) is 5.83. The molecule has 0 fully saturated rings. The standard InChI is InChI=1S/C23H21BrN4O2/c1-30-18-10-7-16(8-11-18)23-26-20-12-9-17(24)13-19(20)22(15-5-3-2-4-6-15)28(23)14-21(29)27-25/h2-13,22H,14,25H2,1H3,(H,27,29)/t22-/m1/s1. The molecule has 3 aromatic rings. The van der Waals surface area contributed by atoms with Crippen molar-refractivity contribution in [1.82, 2.24) is 10.3 Å². The lowest BCUT2D eigenvalue weighted by Gasteiger charge is -2.38. The van der Waals surface area contributed by atoms with Crippen LogP contribution in [0.15, 0.2) is 82.3 Å². The highest BCUT2D eigenvalue weighted by molar-refractivity contribution is 9.10. The average molecular weight is 465 g/mol. The Morgan fingerprint density at radius 2 is 1.87 bits per heavy atom. The lowest BCUT2D eigenvalue weighted by molar-refractivity contribution is -0.121. The molecule has 1 atom stereocenters. The Labute approximate surface area is 183 Å². The molecule has 0 radical (unpaired) electrons. The molecule has 30 heavy (non-hydrogen) atoms. The first kappa shape index (κ1) is 20.1. The van der Waals surface area contributed by atoms with E-state index in [0.29, 0.717) is 5.84 Å². The first-order valence-corrected chi connectivity index (χ1v) is 10.2. The van der Waals surface area contributed by atoms with E-state index in [1.165, 1.54) is 0 Å². The van der Waals surface area contributed by atoms with Gasteiger partial charge in [-0.05, 0) is 48.0 Å². The number of nitrogens with zero attached hydrogens (tertiary/aromatic N) is 2. The highest BCUT2D eigenvalue weighted by Crippen LogP contribution is 2.41. The molecular formula is C23H21BrN4O2. The van der Waals surface area contributed by atoms with E-state index in [0.717, 1.165) is 32.6 Å². The van der Waals surface area contributed by atoms with Gasteiger partial charge in [-0.1, -0.05) is 46.3 Å². The van der Waals surface area contributed by atoms with Gasteiger partial charge in [-0.15, -0.1) is 0 Å². The van der Waals surface area contributed by atoms with Crippen LogP contribution in [0.4, 0.5) is 5.69 Å². The molecule has 0 aromatic heterocycles. The third-order valence-electron chi connectivity index (χ3n) is 5.03. The molecule has 152 valence electrons. The van der Waals surface area contributed by atoms with Gasteiger partial charge in [0.2, 0.25) is 0 Å². The highest BCUT2D eigenvalue weighted by Gasteiger charge is 2.33. The number of carbonyl (C=O) groups excluding carboxylic acids is 1. The van der Waals surface area contributed by atoms with E-state index in [1.807, 2.05) is 59.5 Å². The van der Waals surface area contributed by atoms with E-state index < -0.39 is 0 Å². The second-order valence-electron chi connectivity index (χ2n) is 6.88. The Balaban J connectivity index is 1.91. The van der Waals surface area contributed by atoms with Crippen molar-refractivity contribution < 1.29 is 9.53 Å². The molecule has 6 nitrogen and oxygen atoms in total. The molecule has 0 saturated heterocycles. The van der Waals surface area contributed by atoms with Gasteiger partial charge in [-0.2, -0.15) is 0 Å². The van der Waals surface area contributed by atoms with Crippen molar-refractivity contribution in [2.24, 2.45) is 10.8 Å². The van der Waals surface area contributed by atoms with Crippen molar-refractivity contribution in [3.63, 3.8) is 0 Å². The molecule has 1 aliphatic rings. The summed E-state index contributed by atoms with van der Waals surface area (Å²) >= 11 is 3.57. The molecular weight excluding hydrogens is 444 g/mol. The van der Waals surface area contributed by atoms with Crippen LogP contribution in [0, 0.1) is 0 Å². The van der Waals surface area contributed by atoms with Crippen molar-refractivity contribution in [3.05, 3.63) is 94.0 Å². The molecule has 1 amide bonds. The number of hydrazine groups is 1. The van der Waals surface area contributed by atoms with Crippen molar-refractivity contribution >= 4 is 33.4 Å². The smallest absolute Gasteiger partial charge is 0.253 e. The van der Waals surface area contributed by atoms with Crippen LogP contribution in [0.2, 0.25) is 0 Å². The summed E-state index contributed by atoms with van der Waals surface area (Å²) in [6, 6.07) is 23.5. The fourth-order valence-electron chi connectivity index (χ4n) is 3.65. The molecule has 0 saturated carbocycles. The number of amides is 1. The van der Waals surface area contributed by atoms with Crippen LogP contribution in [0.25, 0.3) is 0 Å². The molecule has 0 aliphatic carbocycles. The second kappa shape index (κ2) is 8.69. The van der Waals surface area contributed by atoms with E-state index in [9.17, 15) is 4.79 Å². The van der Waals surface area contributed by atoms with Crippen LogP contribution in [-0.2, 0) is 4.79 Å². The highest BCUT2D eigenvalue weighted by atomic mass is 79.9. The van der Waals surface area contributed by atoms with Crippen LogP contribution in [0.1, 0.15) is 22.7 Å². The quantitative estimate of drug-likeness (QED) is 0.340. The maximum absolute atomic E-state index is 12.4. The molecule has 4 rings (SSSR count). The van der Waals surface area contributed by atoms with E-state index in [4.69, 9.17) is 15.6 Å². The molecule has 3 aromatic carbocycles. The summed E-state index contributed by atoms with van der Waals surface area (Å²) in [5.74, 6) is 6.58. The number of hydrogen-bond donors (Lipinski definition) is 2. The van der Waals surface area contributed by atoms with Gasteiger partial charge < -0.3 is 9.64 Å². The van der Waals surface area contributed by atoms with E-state index in [2.05, 4.69) is 39.6 Å². The third kappa shape index (κ3) is 3.94. The summed E-state index contributed by atoms with van der Waals surface area (Å²) in [5.41, 5.74) is 6.06. The predicted octanol–water partition coefficient (Wildman–Crippen LogP) is 3.93. The molecule has 1 aliphatic heterocycles. The minimum absolute atomic E-state index is 0.0624. The van der Waals surface area contributed by atoms with Crippen LogP contribution in [0.5, 0.6) is 5.75 Å². The molecule has 0 unspecified atom stereocenters. The van der Waals surface area contributed by atoms with Gasteiger partial charge in [0.1, 0.15) is 18.1 Å². The SMILES string of the molecule is COc1ccc(C2=Nc3ccc(Br)cc3[C@@H](c3ccccc3)N2CC(=O)NN)cc1. The van der Waals surface area contributed by atoms with Crippen LogP contribution < -0.4 is 16.0 Å². The summed E-state index contributed by atoms with van der Waals surface area (Å²) in [5, 5.41) is 0. The van der Waals surface area contributed by atoms with Gasteiger partial charge in [-0.25, -0.2) is 10.8 Å². The van der Waals surface area contributed by atoms with Crippen LogP contribution >= 0.6 is 15.9 Å². The summed E-state index contributed by atoms with van der Waals surface area (Å²) in [7, 11) is 1.63. The number of carbonyl (C=O) groups is 1. The van der Waals surface area contributed by atoms with Gasteiger partial charge in [-0.3, -0.25) is 10.2 Å². The van der Waals surface area contributed by atoms with E-state index in [1.54, 1.807) is 7.11 Å². The first-order valence-electron chi connectivity index (χ1n) is 9.44. The zero-order valence-electron chi connectivity index (χ0n) is 16.4. The lowest BCUT2D eigenvalue weighted by atomic mass is 9.93. The topological polar surface area (TPSA) is 80.0 Å². The van der Waals surface area contributed by atoms with Crippen LogP contribution in [-0.4, -0.2) is 30.3 Å². The average Bonchev–Trinajstić information content (AvgIpc) is 2.79. The van der Waals surface area contributed by atoms with Crippen molar-refractivity contribution in [1.29, 1.82) is 0 Å². The molecule has 0 spiro atoms. The number of nitrogens with one attached hydrogen (secondary N) is 1. The molecule has 7 heteroatoms. The van der Waals surface area contributed by atoms with Gasteiger partial charge in [0.05, 0.1) is 18.8 Å². The normalized spacial score (nSPS) is 15.2. The number of hydrogen-bond acceptors (Lipinski definition) is 5. The Bertz CT molecular complexity index is 1080. The Hall–Kier alpha value is -3.16. The fraction of sp³-hybridized carbons (Fsp3) is 0.130. The first-order chi connectivity index (χ1) is 14.6. The number of amidine groups is 1. The zero-order chi connectivity index (χ0) is 21.1. The maximum atomic E-state index is 12.4. The summed E-state index contributed by atoms with van der Waals surface area (Å²) < 4.78 is 6.24. The number of ether oxygens (including phenoxy) is 1. The monoisotopic (exact) mass is 464 g/mol. The van der Waals surface area contributed by atoms with Crippen LogP contribution in [0.3, 0.4) is 0 Å². The zero-order valence-corrected chi connectivity index (χ0v) is 18.0.